The Morgan fingerprint density at radius 3 is 2.71 bits per heavy atom. The van der Waals surface area contributed by atoms with E-state index >= 15 is 0 Å². The molecule has 24 heavy (non-hydrogen) atoms. The van der Waals surface area contributed by atoms with Crippen LogP contribution in [0, 0.1) is 10.1 Å². The van der Waals surface area contributed by atoms with Crippen LogP contribution >= 0.6 is 11.6 Å². The van der Waals surface area contributed by atoms with Crippen molar-refractivity contribution in [1.29, 1.82) is 0 Å². The molecule has 2 N–H and O–H groups in total. The van der Waals surface area contributed by atoms with Crippen molar-refractivity contribution >= 4 is 44.1 Å². The zero-order chi connectivity index (χ0) is 17.5. The van der Waals surface area contributed by atoms with E-state index in [0.717, 1.165) is 12.1 Å². The maximum Gasteiger partial charge on any atom is 0.417 e. The lowest BCUT2D eigenvalue weighted by atomic mass is 10.3. The molecule has 0 spiro atoms. The largest absolute Gasteiger partial charge is 0.417 e. The van der Waals surface area contributed by atoms with Gasteiger partial charge in [-0.2, -0.15) is 0 Å². The number of nitro benzene ring substituents is 1. The Hall–Kier alpha value is -2.85. The van der Waals surface area contributed by atoms with Gasteiger partial charge in [0.05, 0.1) is 21.2 Å². The third-order valence-electron chi connectivity index (χ3n) is 3.07. The van der Waals surface area contributed by atoms with E-state index in [1.807, 2.05) is 0 Å². The fraction of sp³-hybridized carbons (Fsp3) is 0. The van der Waals surface area contributed by atoms with Gasteiger partial charge in [0.15, 0.2) is 5.58 Å². The number of H-pyrrole nitrogens is 1. The van der Waals surface area contributed by atoms with E-state index < -0.39 is 20.7 Å². The Balaban J connectivity index is 2.04. The third kappa shape index (κ3) is 2.96. The first kappa shape index (κ1) is 16.0. The minimum absolute atomic E-state index is 0.00381. The van der Waals surface area contributed by atoms with Crippen LogP contribution < -0.4 is 10.5 Å². The van der Waals surface area contributed by atoms with Crippen molar-refractivity contribution in [2.75, 3.05) is 4.72 Å². The number of nitrogens with zero attached hydrogens (tertiary/aromatic N) is 1. The van der Waals surface area contributed by atoms with Crippen molar-refractivity contribution in [2.45, 2.75) is 4.90 Å². The average molecular weight is 370 g/mol. The van der Waals surface area contributed by atoms with Gasteiger partial charge in [-0.25, -0.2) is 13.2 Å². The van der Waals surface area contributed by atoms with Crippen LogP contribution in [0.15, 0.2) is 50.5 Å². The number of non-ortho nitro benzene ring substituents is 1. The zero-order valence-corrected chi connectivity index (χ0v) is 13.2. The molecule has 3 aromatic rings. The normalized spacial score (nSPS) is 11.5. The summed E-state index contributed by atoms with van der Waals surface area (Å²) in [6.07, 6.45) is 0. The van der Waals surface area contributed by atoms with Crippen molar-refractivity contribution in [3.63, 3.8) is 0 Å². The van der Waals surface area contributed by atoms with Crippen LogP contribution in [0.4, 0.5) is 11.4 Å². The molecule has 0 amide bonds. The number of rotatable bonds is 4. The summed E-state index contributed by atoms with van der Waals surface area (Å²) in [6.45, 7) is 0. The third-order valence-corrected chi connectivity index (χ3v) is 4.92. The van der Waals surface area contributed by atoms with E-state index in [1.165, 1.54) is 24.3 Å². The molecule has 0 bridgehead atoms. The first-order valence-electron chi connectivity index (χ1n) is 6.36. The standard InChI is InChI=1S/C13H8ClN3O6S/c14-9-5-10-11(23-13(18)15-10)6-12(9)24(21,22)16-7-2-1-3-8(4-7)17(19)20/h1-6,16H,(H,15,18). The number of anilines is 1. The lowest BCUT2D eigenvalue weighted by molar-refractivity contribution is -0.384. The monoisotopic (exact) mass is 369 g/mol. The molecule has 124 valence electrons. The van der Waals surface area contributed by atoms with Gasteiger partial charge in [-0.1, -0.05) is 17.7 Å². The highest BCUT2D eigenvalue weighted by Crippen LogP contribution is 2.28. The average Bonchev–Trinajstić information content (AvgIpc) is 2.85. The van der Waals surface area contributed by atoms with Gasteiger partial charge in [0.1, 0.15) is 4.90 Å². The molecule has 0 aliphatic heterocycles. The molecule has 0 aliphatic carbocycles. The second kappa shape index (κ2) is 5.65. The maximum atomic E-state index is 12.5. The quantitative estimate of drug-likeness (QED) is 0.535. The summed E-state index contributed by atoms with van der Waals surface area (Å²) in [7, 11) is -4.15. The van der Waals surface area contributed by atoms with E-state index in [0.29, 0.717) is 0 Å². The Bertz CT molecular complexity index is 1120. The number of aromatic amines is 1. The Morgan fingerprint density at radius 2 is 2.00 bits per heavy atom. The minimum Gasteiger partial charge on any atom is -0.408 e. The zero-order valence-electron chi connectivity index (χ0n) is 11.6. The molecule has 0 saturated heterocycles. The second-order valence-electron chi connectivity index (χ2n) is 4.71. The SMILES string of the molecule is O=c1[nH]c2cc(Cl)c(S(=O)(=O)Nc3cccc([N+](=O)[O-])c3)cc2o1. The fourth-order valence-electron chi connectivity index (χ4n) is 2.05. The number of fused-ring (bicyclic) bond motifs is 1. The summed E-state index contributed by atoms with van der Waals surface area (Å²) < 4.78 is 31.9. The van der Waals surface area contributed by atoms with Gasteiger partial charge >= 0.3 is 5.76 Å². The van der Waals surface area contributed by atoms with Crippen LogP contribution in [0.25, 0.3) is 11.1 Å². The number of sulfonamides is 1. The second-order valence-corrected chi connectivity index (χ2v) is 6.76. The number of nitro groups is 1. The predicted octanol–water partition coefficient (Wildman–Crippen LogP) is 2.48. The first-order chi connectivity index (χ1) is 11.3. The van der Waals surface area contributed by atoms with Crippen LogP contribution in [0.1, 0.15) is 0 Å². The summed E-state index contributed by atoms with van der Waals surface area (Å²) >= 11 is 5.95. The van der Waals surface area contributed by atoms with Crippen molar-refractivity contribution in [1.82, 2.24) is 4.98 Å². The number of nitrogens with one attached hydrogen (secondary N) is 2. The molecule has 2 aromatic carbocycles. The van der Waals surface area contributed by atoms with Gasteiger partial charge < -0.3 is 4.42 Å². The molecular weight excluding hydrogens is 362 g/mol. The Morgan fingerprint density at radius 1 is 1.25 bits per heavy atom. The summed E-state index contributed by atoms with van der Waals surface area (Å²) in [5.74, 6) is -0.748. The van der Waals surface area contributed by atoms with Crippen LogP contribution in [0.5, 0.6) is 0 Å². The van der Waals surface area contributed by atoms with Crippen LogP contribution in [0.2, 0.25) is 5.02 Å². The van der Waals surface area contributed by atoms with Gasteiger partial charge in [0.2, 0.25) is 0 Å². The van der Waals surface area contributed by atoms with E-state index in [9.17, 15) is 23.3 Å². The molecule has 0 saturated carbocycles. The number of oxazole rings is 1. The van der Waals surface area contributed by atoms with Gasteiger partial charge in [-0.15, -0.1) is 0 Å². The first-order valence-corrected chi connectivity index (χ1v) is 8.22. The molecule has 11 heteroatoms. The number of benzene rings is 2. The van der Waals surface area contributed by atoms with Crippen LogP contribution in [-0.4, -0.2) is 18.3 Å². The summed E-state index contributed by atoms with van der Waals surface area (Å²) in [6, 6.07) is 7.32. The minimum atomic E-state index is -4.15. The molecular formula is C13H8ClN3O6S. The lowest BCUT2D eigenvalue weighted by Gasteiger charge is -2.09. The summed E-state index contributed by atoms with van der Waals surface area (Å²) in [5.41, 5.74) is -0.00705. The predicted molar refractivity (Wildman–Crippen MR) is 85.7 cm³/mol. The van der Waals surface area contributed by atoms with Crippen LogP contribution in [0.3, 0.4) is 0 Å². The maximum absolute atomic E-state index is 12.5. The van der Waals surface area contributed by atoms with Crippen LogP contribution in [-0.2, 0) is 10.0 Å². The molecule has 1 aromatic heterocycles. The van der Waals surface area contributed by atoms with Gasteiger partial charge in [-0.3, -0.25) is 19.8 Å². The molecule has 0 radical (unpaired) electrons. The molecule has 1 heterocycles. The highest BCUT2D eigenvalue weighted by Gasteiger charge is 2.21. The van der Waals surface area contributed by atoms with E-state index in [2.05, 4.69) is 9.71 Å². The lowest BCUT2D eigenvalue weighted by Crippen LogP contribution is -2.13. The van der Waals surface area contributed by atoms with Crippen molar-refractivity contribution in [3.05, 3.63) is 62.1 Å². The highest BCUT2D eigenvalue weighted by molar-refractivity contribution is 7.92. The van der Waals surface area contributed by atoms with Crippen molar-refractivity contribution in [3.8, 4) is 0 Å². The molecule has 0 unspecified atom stereocenters. The number of hydrogen-bond acceptors (Lipinski definition) is 6. The van der Waals surface area contributed by atoms with E-state index in [4.69, 9.17) is 16.0 Å². The number of aromatic nitrogens is 1. The molecule has 3 rings (SSSR count). The fourth-order valence-corrected chi connectivity index (χ4v) is 3.64. The van der Waals surface area contributed by atoms with Crippen molar-refractivity contribution in [2.24, 2.45) is 0 Å². The van der Waals surface area contributed by atoms with Crippen molar-refractivity contribution < 1.29 is 17.8 Å². The Labute approximate surface area is 139 Å². The summed E-state index contributed by atoms with van der Waals surface area (Å²) in [5, 5.41) is 10.6. The number of halogens is 1. The molecule has 0 aliphatic rings. The molecule has 0 fully saturated rings. The van der Waals surface area contributed by atoms with E-state index in [1.54, 1.807) is 0 Å². The highest BCUT2D eigenvalue weighted by atomic mass is 35.5. The summed E-state index contributed by atoms with van der Waals surface area (Å²) in [4.78, 5) is 23.3. The molecule has 9 nitrogen and oxygen atoms in total. The smallest absolute Gasteiger partial charge is 0.408 e. The van der Waals surface area contributed by atoms with Gasteiger partial charge in [0, 0.05) is 18.2 Å². The van der Waals surface area contributed by atoms with Gasteiger partial charge in [-0.05, 0) is 12.1 Å². The Kier molecular flexibility index (Phi) is 3.78. The topological polar surface area (TPSA) is 135 Å². The molecule has 0 atom stereocenters. The van der Waals surface area contributed by atoms with Gasteiger partial charge in [0.25, 0.3) is 15.7 Å². The number of hydrogen-bond donors (Lipinski definition) is 2. The van der Waals surface area contributed by atoms with E-state index in [-0.39, 0.29) is 32.4 Å².